The second-order valence-corrected chi connectivity index (χ2v) is 7.75. The molecule has 1 saturated carbocycles. The number of aliphatic hydroxyl groups is 1. The molecule has 0 bridgehead atoms. The lowest BCUT2D eigenvalue weighted by molar-refractivity contribution is -0.0662. The van der Waals surface area contributed by atoms with Crippen LogP contribution in [0.4, 0.5) is 0 Å². The van der Waals surface area contributed by atoms with Crippen molar-refractivity contribution in [2.75, 3.05) is 20.2 Å². The first-order valence-electron chi connectivity index (χ1n) is 9.46. The predicted molar refractivity (Wildman–Crippen MR) is 101 cm³/mol. The van der Waals surface area contributed by atoms with Crippen LogP contribution in [0.3, 0.4) is 0 Å². The molecule has 26 heavy (non-hydrogen) atoms. The third-order valence-corrected chi connectivity index (χ3v) is 6.15. The molecule has 2 aromatic carbocycles. The summed E-state index contributed by atoms with van der Waals surface area (Å²) in [6, 6.07) is 15.4. The Balaban J connectivity index is 1.58. The molecule has 0 radical (unpaired) electrons. The van der Waals surface area contributed by atoms with Crippen molar-refractivity contribution in [3.8, 4) is 11.5 Å². The van der Waals surface area contributed by atoms with E-state index in [1.807, 2.05) is 42.5 Å². The van der Waals surface area contributed by atoms with Crippen LogP contribution in [0.25, 0.3) is 0 Å². The smallest absolute Gasteiger partial charge is 0.124 e. The van der Waals surface area contributed by atoms with Gasteiger partial charge in [-0.25, -0.2) is 0 Å². The Morgan fingerprint density at radius 3 is 2.81 bits per heavy atom. The lowest BCUT2D eigenvalue weighted by Crippen LogP contribution is -2.43. The van der Waals surface area contributed by atoms with Gasteiger partial charge in [-0.3, -0.25) is 4.90 Å². The van der Waals surface area contributed by atoms with E-state index in [0.29, 0.717) is 11.7 Å². The maximum Gasteiger partial charge on any atom is 0.124 e. The first-order valence-corrected chi connectivity index (χ1v) is 9.46. The fraction of sp³-hybridized carbons (Fsp3) is 0.455. The third-order valence-electron chi connectivity index (χ3n) is 6.15. The molecule has 4 heteroatoms. The highest BCUT2D eigenvalue weighted by Gasteiger charge is 2.50. The number of rotatable bonds is 4. The summed E-state index contributed by atoms with van der Waals surface area (Å²) in [7, 11) is 1.67. The molecule has 1 heterocycles. The SMILES string of the molecule is COc1ccccc1[C@]1(O)CCC[C@@H]2CN(Cc3cccc(O)c3)C[C@@H]21. The lowest BCUT2D eigenvalue weighted by atomic mass is 9.67. The number of nitrogens with zero attached hydrogens (tertiary/aromatic N) is 1. The van der Waals surface area contributed by atoms with Crippen molar-refractivity contribution >= 4 is 0 Å². The van der Waals surface area contributed by atoms with Gasteiger partial charge < -0.3 is 14.9 Å². The summed E-state index contributed by atoms with van der Waals surface area (Å²) in [5.74, 6) is 1.80. The van der Waals surface area contributed by atoms with Crippen LogP contribution in [0.15, 0.2) is 48.5 Å². The van der Waals surface area contributed by atoms with Crippen molar-refractivity contribution in [1.29, 1.82) is 0 Å². The highest BCUT2D eigenvalue weighted by Crippen LogP contribution is 2.50. The van der Waals surface area contributed by atoms with E-state index in [4.69, 9.17) is 4.74 Å². The molecular weight excluding hydrogens is 326 g/mol. The first-order chi connectivity index (χ1) is 12.6. The highest BCUT2D eigenvalue weighted by molar-refractivity contribution is 5.39. The molecule has 1 aliphatic carbocycles. The van der Waals surface area contributed by atoms with Gasteiger partial charge in [0, 0.05) is 31.1 Å². The van der Waals surface area contributed by atoms with E-state index < -0.39 is 5.60 Å². The molecule has 2 aliphatic rings. The summed E-state index contributed by atoms with van der Waals surface area (Å²) in [4.78, 5) is 2.41. The summed E-state index contributed by atoms with van der Waals surface area (Å²) in [5.41, 5.74) is 1.21. The number of fused-ring (bicyclic) bond motifs is 1. The van der Waals surface area contributed by atoms with Gasteiger partial charge in [-0.1, -0.05) is 30.3 Å². The van der Waals surface area contributed by atoms with Gasteiger partial charge in [-0.2, -0.15) is 0 Å². The molecule has 0 unspecified atom stereocenters. The van der Waals surface area contributed by atoms with E-state index >= 15 is 0 Å². The van der Waals surface area contributed by atoms with Crippen molar-refractivity contribution in [2.24, 2.45) is 11.8 Å². The Kier molecular flexibility index (Phi) is 4.63. The van der Waals surface area contributed by atoms with Crippen molar-refractivity contribution in [3.05, 3.63) is 59.7 Å². The van der Waals surface area contributed by atoms with Crippen molar-refractivity contribution < 1.29 is 14.9 Å². The van der Waals surface area contributed by atoms with Crippen LogP contribution in [-0.2, 0) is 12.1 Å². The lowest BCUT2D eigenvalue weighted by Gasteiger charge is -2.42. The maximum atomic E-state index is 11.7. The number of methoxy groups -OCH3 is 1. The quantitative estimate of drug-likeness (QED) is 0.883. The zero-order chi connectivity index (χ0) is 18.1. The van der Waals surface area contributed by atoms with Gasteiger partial charge in [0.15, 0.2) is 0 Å². The van der Waals surface area contributed by atoms with Gasteiger partial charge in [0.2, 0.25) is 0 Å². The number of ether oxygens (including phenoxy) is 1. The average molecular weight is 353 g/mol. The van der Waals surface area contributed by atoms with Gasteiger partial charge in [-0.05, 0) is 48.9 Å². The molecule has 3 atom stereocenters. The van der Waals surface area contributed by atoms with Crippen molar-refractivity contribution in [3.63, 3.8) is 0 Å². The van der Waals surface area contributed by atoms with Crippen LogP contribution in [0.5, 0.6) is 11.5 Å². The van der Waals surface area contributed by atoms with E-state index in [1.165, 1.54) is 6.42 Å². The van der Waals surface area contributed by atoms with E-state index in [2.05, 4.69) is 4.90 Å². The molecule has 2 N–H and O–H groups in total. The zero-order valence-electron chi connectivity index (χ0n) is 15.3. The van der Waals surface area contributed by atoms with Crippen LogP contribution >= 0.6 is 0 Å². The van der Waals surface area contributed by atoms with Crippen molar-refractivity contribution in [1.82, 2.24) is 4.90 Å². The summed E-state index contributed by atoms with van der Waals surface area (Å²) in [6.45, 7) is 2.68. The molecule has 1 aliphatic heterocycles. The Morgan fingerprint density at radius 2 is 2.00 bits per heavy atom. The summed E-state index contributed by atoms with van der Waals surface area (Å²) in [5, 5.41) is 21.4. The molecular formula is C22H27NO3. The molecule has 2 fully saturated rings. The van der Waals surface area contributed by atoms with Gasteiger partial charge >= 0.3 is 0 Å². The fourth-order valence-electron chi connectivity index (χ4n) is 4.99. The predicted octanol–water partition coefficient (Wildman–Crippen LogP) is 3.52. The van der Waals surface area contributed by atoms with Gasteiger partial charge in [0.25, 0.3) is 0 Å². The summed E-state index contributed by atoms with van der Waals surface area (Å²) in [6.07, 6.45) is 2.99. The Morgan fingerprint density at radius 1 is 1.15 bits per heavy atom. The third kappa shape index (κ3) is 3.08. The standard InChI is InChI=1S/C22H27NO3/c1-26-21-10-3-2-9-19(21)22(25)11-5-7-17-14-23(15-20(17)22)13-16-6-4-8-18(24)12-16/h2-4,6,8-10,12,17,20,24-25H,5,7,11,13-15H2,1H3/t17-,20+,22-/m1/s1. The Hall–Kier alpha value is -2.04. The minimum absolute atomic E-state index is 0.213. The zero-order valence-corrected chi connectivity index (χ0v) is 15.3. The fourth-order valence-corrected chi connectivity index (χ4v) is 4.99. The number of hydrogen-bond donors (Lipinski definition) is 2. The van der Waals surface area contributed by atoms with E-state index in [1.54, 1.807) is 13.2 Å². The number of para-hydroxylation sites is 1. The molecule has 4 nitrogen and oxygen atoms in total. The maximum absolute atomic E-state index is 11.7. The number of hydrogen-bond acceptors (Lipinski definition) is 4. The number of aromatic hydroxyl groups is 1. The monoisotopic (exact) mass is 353 g/mol. The second-order valence-electron chi connectivity index (χ2n) is 7.75. The minimum atomic E-state index is -0.830. The normalized spacial score (nSPS) is 28.7. The Bertz CT molecular complexity index is 777. The molecule has 2 aromatic rings. The van der Waals surface area contributed by atoms with Crippen LogP contribution < -0.4 is 4.74 Å². The van der Waals surface area contributed by atoms with Crippen molar-refractivity contribution in [2.45, 2.75) is 31.4 Å². The Labute approximate surface area is 155 Å². The van der Waals surface area contributed by atoms with Gasteiger partial charge in [-0.15, -0.1) is 0 Å². The number of phenolic OH excluding ortho intramolecular Hbond substituents is 1. The van der Waals surface area contributed by atoms with E-state index in [9.17, 15) is 10.2 Å². The largest absolute Gasteiger partial charge is 0.508 e. The molecule has 0 spiro atoms. The number of benzene rings is 2. The summed E-state index contributed by atoms with van der Waals surface area (Å²) < 4.78 is 5.55. The molecule has 0 aromatic heterocycles. The second kappa shape index (κ2) is 6.93. The van der Waals surface area contributed by atoms with Gasteiger partial charge in [0.05, 0.1) is 12.7 Å². The van der Waals surface area contributed by atoms with Crippen LogP contribution in [0, 0.1) is 11.8 Å². The topological polar surface area (TPSA) is 52.9 Å². The summed E-state index contributed by atoms with van der Waals surface area (Å²) >= 11 is 0. The van der Waals surface area contributed by atoms with E-state index in [0.717, 1.165) is 49.4 Å². The average Bonchev–Trinajstić information content (AvgIpc) is 3.06. The molecule has 1 saturated heterocycles. The molecule has 0 amide bonds. The number of phenols is 1. The number of likely N-dealkylation sites (tertiary alicyclic amines) is 1. The molecule has 138 valence electrons. The van der Waals surface area contributed by atoms with Crippen LogP contribution in [-0.4, -0.2) is 35.3 Å². The highest BCUT2D eigenvalue weighted by atomic mass is 16.5. The van der Waals surface area contributed by atoms with Crippen LogP contribution in [0.2, 0.25) is 0 Å². The first kappa shape index (κ1) is 17.4. The van der Waals surface area contributed by atoms with Crippen LogP contribution in [0.1, 0.15) is 30.4 Å². The molecule has 4 rings (SSSR count). The van der Waals surface area contributed by atoms with E-state index in [-0.39, 0.29) is 5.92 Å². The van der Waals surface area contributed by atoms with Gasteiger partial charge in [0.1, 0.15) is 11.5 Å². The minimum Gasteiger partial charge on any atom is -0.508 e.